The third-order valence-corrected chi connectivity index (χ3v) is 5.18. The number of hydrogen-bond donors (Lipinski definition) is 1. The van der Waals surface area contributed by atoms with Crippen LogP contribution < -0.4 is 10.1 Å². The Morgan fingerprint density at radius 3 is 2.70 bits per heavy atom. The van der Waals surface area contributed by atoms with Crippen LogP contribution in [0, 0.1) is 18.7 Å². The van der Waals surface area contributed by atoms with E-state index in [1.807, 2.05) is 0 Å². The number of alkyl halides is 2. The number of anilines is 1. The molecule has 9 heteroatoms. The van der Waals surface area contributed by atoms with Gasteiger partial charge in [0.05, 0.1) is 24.4 Å². The molecule has 0 spiro atoms. The zero-order valence-electron chi connectivity index (χ0n) is 17.2. The van der Waals surface area contributed by atoms with Gasteiger partial charge in [0.15, 0.2) is 11.6 Å². The summed E-state index contributed by atoms with van der Waals surface area (Å²) >= 11 is 0. The molecule has 1 aromatic heterocycles. The Labute approximate surface area is 173 Å². The van der Waals surface area contributed by atoms with E-state index in [1.165, 1.54) is 18.3 Å². The van der Waals surface area contributed by atoms with Crippen LogP contribution in [-0.4, -0.2) is 40.5 Å². The van der Waals surface area contributed by atoms with E-state index in [0.29, 0.717) is 29.9 Å². The van der Waals surface area contributed by atoms with Gasteiger partial charge in [-0.2, -0.15) is 0 Å². The number of carbonyl (C=O) groups excluding carboxylic acids is 1. The number of likely N-dealkylation sites (tertiary alicyclic amines) is 1. The molecule has 1 saturated heterocycles. The highest BCUT2D eigenvalue weighted by Gasteiger charge is 2.28. The van der Waals surface area contributed by atoms with E-state index in [0.717, 1.165) is 25.6 Å². The van der Waals surface area contributed by atoms with Gasteiger partial charge in [-0.15, -0.1) is 0 Å². The third-order valence-electron chi connectivity index (χ3n) is 5.18. The van der Waals surface area contributed by atoms with E-state index in [2.05, 4.69) is 15.3 Å². The van der Waals surface area contributed by atoms with Crippen LogP contribution in [-0.2, 0) is 4.79 Å². The molecule has 30 heavy (non-hydrogen) atoms. The molecule has 1 aliphatic heterocycles. The molecule has 2 heterocycles. The molecule has 1 aliphatic rings. The predicted octanol–water partition coefficient (Wildman–Crippen LogP) is 4.28. The molecule has 162 valence electrons. The molecule has 1 atom stereocenters. The van der Waals surface area contributed by atoms with E-state index in [1.54, 1.807) is 25.7 Å². The van der Waals surface area contributed by atoms with Gasteiger partial charge in [-0.1, -0.05) is 18.2 Å². The van der Waals surface area contributed by atoms with Crippen LogP contribution >= 0.6 is 0 Å². The molecule has 0 aliphatic carbocycles. The summed E-state index contributed by atoms with van der Waals surface area (Å²) in [4.78, 5) is 21.5. The molecule has 1 aromatic carbocycles. The second kappa shape index (κ2) is 9.32. The molecule has 1 amide bonds. The van der Waals surface area contributed by atoms with Crippen molar-refractivity contribution in [2.24, 2.45) is 5.92 Å². The monoisotopic (exact) mass is 422 g/mol. The fourth-order valence-corrected chi connectivity index (χ4v) is 3.37. The van der Waals surface area contributed by atoms with Gasteiger partial charge < -0.3 is 15.0 Å². The lowest BCUT2D eigenvalue weighted by Crippen LogP contribution is -2.49. The standard InChI is InChI=1S/C21H25F3N4O2/c1-12(16-5-4-6-17(19(16)22)20(23)24)26-21-18(9-25-13(2)27-21)30-8-7-15-10-28(11-15)14(3)29/h4-6,9,12,15,20H,7-8,10-11H2,1-3H3,(H,25,26,27)/t12-/m1/s1. The van der Waals surface area contributed by atoms with Gasteiger partial charge in [-0.3, -0.25) is 4.79 Å². The zero-order valence-corrected chi connectivity index (χ0v) is 17.2. The van der Waals surface area contributed by atoms with Gasteiger partial charge in [0.2, 0.25) is 5.91 Å². The smallest absolute Gasteiger partial charge is 0.266 e. The number of aryl methyl sites for hydroxylation is 1. The predicted molar refractivity (Wildman–Crippen MR) is 106 cm³/mol. The van der Waals surface area contributed by atoms with Crippen molar-refractivity contribution in [1.82, 2.24) is 14.9 Å². The molecule has 2 aromatic rings. The minimum atomic E-state index is -2.89. The quantitative estimate of drug-likeness (QED) is 0.688. The van der Waals surface area contributed by atoms with E-state index >= 15 is 0 Å². The lowest BCUT2D eigenvalue weighted by Gasteiger charge is -2.38. The van der Waals surface area contributed by atoms with E-state index in [-0.39, 0.29) is 11.5 Å². The Morgan fingerprint density at radius 1 is 1.33 bits per heavy atom. The average Bonchev–Trinajstić information content (AvgIpc) is 2.64. The second-order valence-corrected chi connectivity index (χ2v) is 7.47. The summed E-state index contributed by atoms with van der Waals surface area (Å²) in [5.74, 6) is 0.802. The van der Waals surface area contributed by atoms with E-state index in [4.69, 9.17) is 4.74 Å². The molecule has 0 saturated carbocycles. The van der Waals surface area contributed by atoms with Crippen LogP contribution in [0.4, 0.5) is 19.0 Å². The van der Waals surface area contributed by atoms with Crippen LogP contribution in [0.2, 0.25) is 0 Å². The fraction of sp³-hybridized carbons (Fsp3) is 0.476. The Bertz CT molecular complexity index is 904. The molecule has 6 nitrogen and oxygen atoms in total. The summed E-state index contributed by atoms with van der Waals surface area (Å²) in [6.45, 7) is 6.80. The molecule has 3 rings (SSSR count). The summed E-state index contributed by atoms with van der Waals surface area (Å²) in [6.07, 6.45) is -0.577. The lowest BCUT2D eigenvalue weighted by molar-refractivity contribution is -0.135. The second-order valence-electron chi connectivity index (χ2n) is 7.47. The van der Waals surface area contributed by atoms with Gasteiger partial charge in [0, 0.05) is 25.6 Å². The molecular formula is C21H25F3N4O2. The minimum absolute atomic E-state index is 0.0720. The van der Waals surface area contributed by atoms with Gasteiger partial charge in [-0.25, -0.2) is 23.1 Å². The SMILES string of the molecule is CC(=O)N1CC(CCOc2cnc(C)nc2N[C@H](C)c2cccc(C(F)F)c2F)C1. The van der Waals surface area contributed by atoms with Crippen molar-refractivity contribution >= 4 is 11.7 Å². The number of benzene rings is 1. The Balaban J connectivity index is 1.65. The largest absolute Gasteiger partial charge is 0.488 e. The molecule has 1 N–H and O–H groups in total. The first kappa shape index (κ1) is 21.9. The highest BCUT2D eigenvalue weighted by molar-refractivity contribution is 5.74. The number of amides is 1. The van der Waals surface area contributed by atoms with Crippen molar-refractivity contribution in [3.63, 3.8) is 0 Å². The van der Waals surface area contributed by atoms with Crippen LogP contribution in [0.3, 0.4) is 0 Å². The van der Waals surface area contributed by atoms with Gasteiger partial charge >= 0.3 is 0 Å². The molecule has 0 unspecified atom stereocenters. The Morgan fingerprint density at radius 2 is 2.03 bits per heavy atom. The van der Waals surface area contributed by atoms with Crippen LogP contribution in [0.15, 0.2) is 24.4 Å². The number of aromatic nitrogens is 2. The van der Waals surface area contributed by atoms with Crippen LogP contribution in [0.5, 0.6) is 5.75 Å². The number of halogens is 3. The first-order valence-corrected chi connectivity index (χ1v) is 9.81. The lowest BCUT2D eigenvalue weighted by atomic mass is 9.97. The summed E-state index contributed by atoms with van der Waals surface area (Å²) < 4.78 is 46.3. The molecule has 0 radical (unpaired) electrons. The number of carbonyl (C=O) groups is 1. The molecule has 1 fully saturated rings. The van der Waals surface area contributed by atoms with Gasteiger partial charge in [-0.05, 0) is 26.2 Å². The Hall–Kier alpha value is -2.84. The first-order chi connectivity index (χ1) is 14.3. The van der Waals surface area contributed by atoms with Crippen molar-refractivity contribution in [3.8, 4) is 5.75 Å². The number of nitrogens with one attached hydrogen (secondary N) is 1. The van der Waals surface area contributed by atoms with E-state index in [9.17, 15) is 18.0 Å². The summed E-state index contributed by atoms with van der Waals surface area (Å²) in [5.41, 5.74) is -0.509. The Kier molecular flexibility index (Phi) is 6.79. The maximum atomic E-state index is 14.5. The van der Waals surface area contributed by atoms with Gasteiger partial charge in [0.1, 0.15) is 11.6 Å². The zero-order chi connectivity index (χ0) is 21.8. The third kappa shape index (κ3) is 5.01. The number of rotatable bonds is 8. The first-order valence-electron chi connectivity index (χ1n) is 9.81. The van der Waals surface area contributed by atoms with Crippen molar-refractivity contribution in [2.45, 2.75) is 39.7 Å². The fourth-order valence-electron chi connectivity index (χ4n) is 3.37. The molecule has 0 bridgehead atoms. The summed E-state index contributed by atoms with van der Waals surface area (Å²) in [6, 6.07) is 3.33. The van der Waals surface area contributed by atoms with Crippen LogP contribution in [0.25, 0.3) is 0 Å². The number of nitrogens with zero attached hydrogens (tertiary/aromatic N) is 3. The summed E-state index contributed by atoms with van der Waals surface area (Å²) in [5, 5.41) is 3.05. The van der Waals surface area contributed by atoms with Crippen molar-refractivity contribution < 1.29 is 22.7 Å². The molecular weight excluding hydrogens is 397 g/mol. The average molecular weight is 422 g/mol. The number of hydrogen-bond acceptors (Lipinski definition) is 5. The highest BCUT2D eigenvalue weighted by atomic mass is 19.3. The minimum Gasteiger partial charge on any atom is -0.488 e. The van der Waals surface area contributed by atoms with Crippen molar-refractivity contribution in [2.75, 3.05) is 25.0 Å². The van der Waals surface area contributed by atoms with Crippen molar-refractivity contribution in [3.05, 3.63) is 47.2 Å². The maximum absolute atomic E-state index is 14.5. The van der Waals surface area contributed by atoms with Crippen molar-refractivity contribution in [1.29, 1.82) is 0 Å². The summed E-state index contributed by atoms with van der Waals surface area (Å²) in [7, 11) is 0. The topological polar surface area (TPSA) is 67.4 Å². The van der Waals surface area contributed by atoms with Crippen LogP contribution in [0.1, 0.15) is 49.7 Å². The number of ether oxygens (including phenoxy) is 1. The van der Waals surface area contributed by atoms with Gasteiger partial charge in [0.25, 0.3) is 6.43 Å². The highest BCUT2D eigenvalue weighted by Crippen LogP contribution is 2.31. The van der Waals surface area contributed by atoms with E-state index < -0.39 is 23.8 Å². The maximum Gasteiger partial charge on any atom is 0.266 e. The normalized spacial score (nSPS) is 15.1.